The Labute approximate surface area is 198 Å². The minimum atomic E-state index is -0.750. The first-order valence-corrected chi connectivity index (χ1v) is 12.0. The molecule has 0 N–H and O–H groups in total. The van der Waals surface area contributed by atoms with Gasteiger partial charge in [-0.3, -0.25) is 19.2 Å². The standard InChI is InChI=1S/C25H42O8/c1-6-7-11-15-23(32-20(3)27)24(33-21(4)28)18-17-22(31-19(2)26)14-12-9-8-10-13-16-25(29)30-5/h17-18,22-24H,6-16H2,1-5H3/b18-17+/t22-,23-,24-/m0/s1. The number of ether oxygens (including phenoxy) is 4. The number of hydrogen-bond acceptors (Lipinski definition) is 8. The molecule has 0 heterocycles. The lowest BCUT2D eigenvalue weighted by Gasteiger charge is -2.24. The minimum absolute atomic E-state index is 0.195. The summed E-state index contributed by atoms with van der Waals surface area (Å²) in [5.41, 5.74) is 0. The smallest absolute Gasteiger partial charge is 0.305 e. The molecule has 0 bridgehead atoms. The highest BCUT2D eigenvalue weighted by atomic mass is 16.6. The van der Waals surface area contributed by atoms with Crippen molar-refractivity contribution in [2.24, 2.45) is 0 Å². The zero-order valence-corrected chi connectivity index (χ0v) is 20.9. The number of unbranched alkanes of at least 4 members (excludes halogenated alkanes) is 6. The molecule has 0 radical (unpaired) electrons. The molecule has 0 aliphatic heterocycles. The monoisotopic (exact) mass is 470 g/mol. The van der Waals surface area contributed by atoms with Crippen LogP contribution >= 0.6 is 0 Å². The van der Waals surface area contributed by atoms with Crippen molar-refractivity contribution in [1.29, 1.82) is 0 Å². The summed E-state index contributed by atoms with van der Waals surface area (Å²) in [7, 11) is 1.39. The first-order chi connectivity index (χ1) is 15.7. The molecule has 0 aliphatic carbocycles. The van der Waals surface area contributed by atoms with Gasteiger partial charge in [-0.1, -0.05) is 39.0 Å². The third-order valence-electron chi connectivity index (χ3n) is 5.01. The Kier molecular flexibility index (Phi) is 17.7. The molecule has 33 heavy (non-hydrogen) atoms. The van der Waals surface area contributed by atoms with Gasteiger partial charge in [0.2, 0.25) is 0 Å². The van der Waals surface area contributed by atoms with E-state index in [1.54, 1.807) is 12.2 Å². The van der Waals surface area contributed by atoms with E-state index in [0.717, 1.165) is 51.4 Å². The topological polar surface area (TPSA) is 105 Å². The molecular formula is C25H42O8. The summed E-state index contributed by atoms with van der Waals surface area (Å²) in [6.07, 6.45) is 10.5. The second-order valence-electron chi connectivity index (χ2n) is 8.13. The molecular weight excluding hydrogens is 428 g/mol. The van der Waals surface area contributed by atoms with E-state index >= 15 is 0 Å². The third kappa shape index (κ3) is 17.8. The van der Waals surface area contributed by atoms with Gasteiger partial charge in [0.25, 0.3) is 0 Å². The van der Waals surface area contributed by atoms with E-state index in [-0.39, 0.29) is 5.97 Å². The number of methoxy groups -OCH3 is 1. The molecule has 0 saturated heterocycles. The Balaban J connectivity index is 4.97. The van der Waals surface area contributed by atoms with Gasteiger partial charge in [-0.15, -0.1) is 0 Å². The van der Waals surface area contributed by atoms with Crippen LogP contribution in [-0.4, -0.2) is 49.3 Å². The molecule has 8 nitrogen and oxygen atoms in total. The van der Waals surface area contributed by atoms with Crippen LogP contribution < -0.4 is 0 Å². The summed E-state index contributed by atoms with van der Waals surface area (Å²) >= 11 is 0. The summed E-state index contributed by atoms with van der Waals surface area (Å²) in [5.74, 6) is -1.51. The number of hydrogen-bond donors (Lipinski definition) is 0. The second kappa shape index (κ2) is 19.1. The van der Waals surface area contributed by atoms with Crippen LogP contribution in [0.5, 0.6) is 0 Å². The van der Waals surface area contributed by atoms with Gasteiger partial charge >= 0.3 is 23.9 Å². The normalized spacial score (nSPS) is 13.7. The van der Waals surface area contributed by atoms with Crippen LogP contribution in [-0.2, 0) is 38.1 Å². The Morgan fingerprint density at radius 1 is 0.697 bits per heavy atom. The highest BCUT2D eigenvalue weighted by Gasteiger charge is 2.25. The summed E-state index contributed by atoms with van der Waals surface area (Å²) in [6, 6.07) is 0. The van der Waals surface area contributed by atoms with Crippen LogP contribution in [0.3, 0.4) is 0 Å². The SMILES string of the molecule is CCCCC[C@H](OC(C)=O)[C@H](/C=C/[C@H](CCCCCCCC(=O)OC)OC(C)=O)OC(C)=O. The van der Waals surface area contributed by atoms with Crippen molar-refractivity contribution in [3.63, 3.8) is 0 Å². The number of carbonyl (C=O) groups excluding carboxylic acids is 4. The summed E-state index contributed by atoms with van der Waals surface area (Å²) in [6.45, 7) is 6.06. The van der Waals surface area contributed by atoms with Crippen molar-refractivity contribution in [1.82, 2.24) is 0 Å². The highest BCUT2D eigenvalue weighted by molar-refractivity contribution is 5.69. The van der Waals surface area contributed by atoms with Crippen molar-refractivity contribution >= 4 is 23.9 Å². The van der Waals surface area contributed by atoms with Crippen molar-refractivity contribution in [3.8, 4) is 0 Å². The van der Waals surface area contributed by atoms with Crippen LogP contribution in [0, 0.1) is 0 Å². The molecule has 3 atom stereocenters. The summed E-state index contributed by atoms with van der Waals surface area (Å²) < 4.78 is 20.9. The van der Waals surface area contributed by atoms with Gasteiger partial charge in [-0.25, -0.2) is 0 Å². The minimum Gasteiger partial charge on any atom is -0.469 e. The maximum Gasteiger partial charge on any atom is 0.305 e. The zero-order chi connectivity index (χ0) is 25.1. The average Bonchev–Trinajstić information content (AvgIpc) is 2.73. The molecule has 0 saturated carbocycles. The molecule has 0 spiro atoms. The molecule has 0 aromatic rings. The lowest BCUT2D eigenvalue weighted by atomic mass is 10.0. The van der Waals surface area contributed by atoms with Gasteiger partial charge < -0.3 is 18.9 Å². The molecule has 0 amide bonds. The third-order valence-corrected chi connectivity index (χ3v) is 5.01. The van der Waals surface area contributed by atoms with E-state index in [0.29, 0.717) is 19.3 Å². The van der Waals surface area contributed by atoms with Crippen LogP contribution in [0.15, 0.2) is 12.2 Å². The predicted molar refractivity (Wildman–Crippen MR) is 124 cm³/mol. The van der Waals surface area contributed by atoms with E-state index < -0.39 is 36.2 Å². The van der Waals surface area contributed by atoms with Crippen molar-refractivity contribution in [2.75, 3.05) is 7.11 Å². The van der Waals surface area contributed by atoms with E-state index in [2.05, 4.69) is 11.7 Å². The second-order valence-corrected chi connectivity index (χ2v) is 8.13. The molecule has 0 rings (SSSR count). The lowest BCUT2D eigenvalue weighted by molar-refractivity contribution is -0.162. The van der Waals surface area contributed by atoms with Gasteiger partial charge in [-0.05, 0) is 44.3 Å². The van der Waals surface area contributed by atoms with E-state index in [1.165, 1.54) is 27.9 Å². The van der Waals surface area contributed by atoms with E-state index in [4.69, 9.17) is 14.2 Å². The Morgan fingerprint density at radius 2 is 1.27 bits per heavy atom. The predicted octanol–water partition coefficient (Wildman–Crippen LogP) is 4.82. The average molecular weight is 471 g/mol. The number of carbonyl (C=O) groups is 4. The molecule has 0 fully saturated rings. The molecule has 0 aromatic heterocycles. The highest BCUT2D eigenvalue weighted by Crippen LogP contribution is 2.18. The van der Waals surface area contributed by atoms with Gasteiger partial charge in [0.05, 0.1) is 7.11 Å². The van der Waals surface area contributed by atoms with Crippen LogP contribution in [0.1, 0.15) is 98.3 Å². The largest absolute Gasteiger partial charge is 0.469 e. The molecule has 8 heteroatoms. The Bertz CT molecular complexity index is 614. The number of rotatable bonds is 18. The molecule has 0 aromatic carbocycles. The maximum absolute atomic E-state index is 11.6. The van der Waals surface area contributed by atoms with Crippen molar-refractivity contribution < 1.29 is 38.1 Å². The quantitative estimate of drug-likeness (QED) is 0.121. The molecule has 0 unspecified atom stereocenters. The van der Waals surface area contributed by atoms with E-state index in [9.17, 15) is 19.2 Å². The fourth-order valence-electron chi connectivity index (χ4n) is 3.42. The van der Waals surface area contributed by atoms with E-state index in [1.807, 2.05) is 0 Å². The van der Waals surface area contributed by atoms with Gasteiger partial charge in [0.1, 0.15) is 12.2 Å². The van der Waals surface area contributed by atoms with Crippen molar-refractivity contribution in [2.45, 2.75) is 117 Å². The Hall–Kier alpha value is -2.38. The molecule has 190 valence electrons. The summed E-state index contributed by atoms with van der Waals surface area (Å²) in [5, 5.41) is 0. The van der Waals surface area contributed by atoms with Crippen LogP contribution in [0.2, 0.25) is 0 Å². The zero-order valence-electron chi connectivity index (χ0n) is 20.9. The Morgan fingerprint density at radius 3 is 1.85 bits per heavy atom. The number of esters is 4. The first-order valence-electron chi connectivity index (χ1n) is 12.0. The summed E-state index contributed by atoms with van der Waals surface area (Å²) in [4.78, 5) is 45.9. The fraction of sp³-hybridized carbons (Fsp3) is 0.760. The van der Waals surface area contributed by atoms with Crippen LogP contribution in [0.25, 0.3) is 0 Å². The van der Waals surface area contributed by atoms with Gasteiger partial charge in [0, 0.05) is 27.2 Å². The molecule has 0 aliphatic rings. The first kappa shape index (κ1) is 30.6. The van der Waals surface area contributed by atoms with Crippen molar-refractivity contribution in [3.05, 3.63) is 12.2 Å². The van der Waals surface area contributed by atoms with Crippen LogP contribution in [0.4, 0.5) is 0 Å². The van der Waals surface area contributed by atoms with Gasteiger partial charge in [-0.2, -0.15) is 0 Å². The lowest BCUT2D eigenvalue weighted by Crippen LogP contribution is -2.33. The fourth-order valence-corrected chi connectivity index (χ4v) is 3.42. The van der Waals surface area contributed by atoms with Gasteiger partial charge in [0.15, 0.2) is 6.10 Å². The maximum atomic E-state index is 11.6.